The average molecular weight is 228 g/mol. The minimum Gasteiger partial charge on any atom is -0.461 e. The predicted octanol–water partition coefficient (Wildman–Crippen LogP) is -0.326. The van der Waals surface area contributed by atoms with Gasteiger partial charge in [-0.3, -0.25) is 4.57 Å². The van der Waals surface area contributed by atoms with Gasteiger partial charge in [0.15, 0.2) is 0 Å². The molecular weight excluding hydrogens is 215 g/mol. The summed E-state index contributed by atoms with van der Waals surface area (Å²) >= 11 is 0. The first-order valence-electron chi connectivity index (χ1n) is 3.68. The molecule has 0 aliphatic rings. The van der Waals surface area contributed by atoms with E-state index in [4.69, 9.17) is 9.79 Å². The fraction of sp³-hybridized carbons (Fsp3) is 0.833. The average Bonchev–Trinajstić information content (AvgIpc) is 2.05. The number of hydrogen-bond acceptors (Lipinski definition) is 5. The van der Waals surface area contributed by atoms with Crippen LogP contribution < -0.4 is 0 Å². The Kier molecular flexibility index (Phi) is 4.70. The van der Waals surface area contributed by atoms with Gasteiger partial charge < -0.3 is 24.0 Å². The van der Waals surface area contributed by atoms with Gasteiger partial charge in [-0.1, -0.05) is 0 Å². The van der Waals surface area contributed by atoms with E-state index in [9.17, 15) is 9.36 Å². The van der Waals surface area contributed by atoms with Crippen molar-refractivity contribution in [2.75, 3.05) is 20.8 Å². The first-order valence-corrected chi connectivity index (χ1v) is 5.30. The lowest BCUT2D eigenvalue weighted by Gasteiger charge is -2.27. The molecule has 0 aromatic carbocycles. The monoisotopic (exact) mass is 228 g/mol. The van der Waals surface area contributed by atoms with E-state index >= 15 is 0 Å². The van der Waals surface area contributed by atoms with Crippen LogP contribution in [0.15, 0.2) is 0 Å². The van der Waals surface area contributed by atoms with E-state index in [1.165, 1.54) is 6.92 Å². The van der Waals surface area contributed by atoms with Gasteiger partial charge in [0.05, 0.1) is 6.61 Å². The molecule has 0 bridgehead atoms. The lowest BCUT2D eigenvalue weighted by atomic mass is 10.6. The number of hydrogen-bond donors (Lipinski definition) is 2. The third kappa shape index (κ3) is 2.31. The minimum atomic E-state index is -4.91. The van der Waals surface area contributed by atoms with Crippen LogP contribution in [0.1, 0.15) is 6.92 Å². The molecule has 0 radical (unpaired) electrons. The summed E-state index contributed by atoms with van der Waals surface area (Å²) in [5, 5.41) is 0. The lowest BCUT2D eigenvalue weighted by molar-refractivity contribution is -0.202. The summed E-state index contributed by atoms with van der Waals surface area (Å²) in [6.45, 7) is 1.46. The summed E-state index contributed by atoms with van der Waals surface area (Å²) in [7, 11) is -3.02. The molecule has 0 fully saturated rings. The van der Waals surface area contributed by atoms with Gasteiger partial charge in [0.2, 0.25) is 0 Å². The summed E-state index contributed by atoms with van der Waals surface area (Å²) < 4.78 is 24.2. The second-order valence-electron chi connectivity index (χ2n) is 2.25. The third-order valence-corrected chi connectivity index (χ3v) is 2.78. The van der Waals surface area contributed by atoms with Crippen molar-refractivity contribution in [3.63, 3.8) is 0 Å². The molecule has 84 valence electrons. The molecule has 0 unspecified atom stereocenters. The largest absolute Gasteiger partial charge is 0.461 e. The van der Waals surface area contributed by atoms with Gasteiger partial charge in [-0.15, -0.1) is 0 Å². The van der Waals surface area contributed by atoms with E-state index < -0.39 is 19.1 Å². The van der Waals surface area contributed by atoms with Crippen molar-refractivity contribution in [3.8, 4) is 0 Å². The molecule has 0 saturated carbocycles. The van der Waals surface area contributed by atoms with Crippen molar-refractivity contribution >= 4 is 13.6 Å². The fourth-order valence-corrected chi connectivity index (χ4v) is 1.61. The highest BCUT2D eigenvalue weighted by Crippen LogP contribution is 2.52. The molecule has 0 aliphatic carbocycles. The SMILES string of the molecule is CCOC(=O)C(OC)(OC)P(=O)(O)O. The topological polar surface area (TPSA) is 102 Å². The van der Waals surface area contributed by atoms with E-state index in [1.807, 2.05) is 0 Å². The Morgan fingerprint density at radius 2 is 1.79 bits per heavy atom. The summed E-state index contributed by atoms with van der Waals surface area (Å²) in [5.41, 5.74) is -2.66. The predicted molar refractivity (Wildman–Crippen MR) is 45.4 cm³/mol. The molecule has 7 nitrogen and oxygen atoms in total. The van der Waals surface area contributed by atoms with Crippen LogP contribution >= 0.6 is 7.60 Å². The molecule has 8 heteroatoms. The van der Waals surface area contributed by atoms with Crippen molar-refractivity contribution in [1.29, 1.82) is 0 Å². The Balaban J connectivity index is 5.08. The summed E-state index contributed by atoms with van der Waals surface area (Å²) in [6, 6.07) is 0. The Morgan fingerprint density at radius 3 is 2.00 bits per heavy atom. The van der Waals surface area contributed by atoms with Crippen molar-refractivity contribution in [2.45, 2.75) is 12.5 Å². The number of carbonyl (C=O) groups is 1. The molecule has 0 aromatic heterocycles. The Hall–Kier alpha value is -0.460. The number of esters is 1. The maximum absolute atomic E-state index is 11.2. The lowest BCUT2D eigenvalue weighted by Crippen LogP contribution is -2.43. The van der Waals surface area contributed by atoms with E-state index in [1.54, 1.807) is 0 Å². The van der Waals surface area contributed by atoms with Crippen LogP contribution in [0.25, 0.3) is 0 Å². The highest BCUT2D eigenvalue weighted by Gasteiger charge is 2.57. The standard InChI is InChI=1S/C6H13O7P/c1-4-13-5(7)6(11-2,12-3)14(8,9)10/h4H2,1-3H3,(H2,8,9,10). The number of methoxy groups -OCH3 is 2. The Morgan fingerprint density at radius 1 is 1.36 bits per heavy atom. The van der Waals surface area contributed by atoms with Gasteiger partial charge >= 0.3 is 19.1 Å². The van der Waals surface area contributed by atoms with Crippen LogP contribution in [-0.2, 0) is 23.6 Å². The number of rotatable bonds is 5. The zero-order valence-electron chi connectivity index (χ0n) is 8.09. The van der Waals surface area contributed by atoms with Gasteiger partial charge in [0.1, 0.15) is 0 Å². The smallest absolute Gasteiger partial charge is 0.397 e. The minimum absolute atomic E-state index is 0.0344. The second kappa shape index (κ2) is 4.86. The maximum atomic E-state index is 11.2. The van der Waals surface area contributed by atoms with E-state index in [2.05, 4.69) is 14.2 Å². The molecule has 0 atom stereocenters. The van der Waals surface area contributed by atoms with Gasteiger partial charge in [-0.2, -0.15) is 0 Å². The van der Waals surface area contributed by atoms with Gasteiger partial charge in [-0.05, 0) is 6.92 Å². The van der Waals surface area contributed by atoms with Crippen molar-refractivity contribution in [1.82, 2.24) is 0 Å². The van der Waals surface area contributed by atoms with Crippen molar-refractivity contribution < 1.29 is 33.4 Å². The maximum Gasteiger partial charge on any atom is 0.397 e. The molecule has 0 saturated heterocycles. The number of ether oxygens (including phenoxy) is 3. The molecule has 0 heterocycles. The normalized spacial score (nSPS) is 12.6. The summed E-state index contributed by atoms with van der Waals surface area (Å²) in [4.78, 5) is 29.0. The Bertz CT molecular complexity index is 241. The van der Waals surface area contributed by atoms with Gasteiger partial charge in [0.25, 0.3) is 0 Å². The van der Waals surface area contributed by atoms with E-state index in [0.717, 1.165) is 14.2 Å². The zero-order valence-corrected chi connectivity index (χ0v) is 8.98. The molecule has 0 rings (SSSR count). The molecule has 0 aliphatic heterocycles. The molecule has 0 aromatic rings. The van der Waals surface area contributed by atoms with Crippen LogP contribution in [0, 0.1) is 0 Å². The molecule has 0 spiro atoms. The molecule has 14 heavy (non-hydrogen) atoms. The molecule has 2 N–H and O–H groups in total. The van der Waals surface area contributed by atoms with Crippen LogP contribution in [0.4, 0.5) is 0 Å². The highest BCUT2D eigenvalue weighted by molar-refractivity contribution is 7.54. The summed E-state index contributed by atoms with van der Waals surface area (Å²) in [5.74, 6) is -1.25. The van der Waals surface area contributed by atoms with Crippen molar-refractivity contribution in [2.24, 2.45) is 0 Å². The second-order valence-corrected chi connectivity index (χ2v) is 3.93. The summed E-state index contributed by atoms with van der Waals surface area (Å²) in [6.07, 6.45) is 0. The zero-order chi connectivity index (χ0) is 11.4. The van der Waals surface area contributed by atoms with Crippen LogP contribution in [0.3, 0.4) is 0 Å². The quantitative estimate of drug-likeness (QED) is 0.377. The van der Waals surface area contributed by atoms with Crippen LogP contribution in [-0.4, -0.2) is 42.1 Å². The van der Waals surface area contributed by atoms with E-state index in [0.29, 0.717) is 0 Å². The van der Waals surface area contributed by atoms with Crippen LogP contribution in [0.2, 0.25) is 0 Å². The van der Waals surface area contributed by atoms with E-state index in [-0.39, 0.29) is 6.61 Å². The fourth-order valence-electron chi connectivity index (χ4n) is 0.829. The third-order valence-electron chi connectivity index (χ3n) is 1.47. The van der Waals surface area contributed by atoms with Gasteiger partial charge in [0, 0.05) is 14.2 Å². The molecular formula is C6H13O7P. The Labute approximate surface area is 81.1 Å². The molecule has 0 amide bonds. The number of carbonyl (C=O) groups excluding carboxylic acids is 1. The van der Waals surface area contributed by atoms with Crippen molar-refractivity contribution in [3.05, 3.63) is 0 Å². The van der Waals surface area contributed by atoms with Gasteiger partial charge in [-0.25, -0.2) is 4.79 Å². The first-order chi connectivity index (χ1) is 6.35. The van der Waals surface area contributed by atoms with Crippen LogP contribution in [0.5, 0.6) is 0 Å². The first kappa shape index (κ1) is 13.5. The highest BCUT2D eigenvalue weighted by atomic mass is 31.2.